The van der Waals surface area contributed by atoms with Gasteiger partial charge in [-0.05, 0) is 67.0 Å². The van der Waals surface area contributed by atoms with Gasteiger partial charge in [-0.2, -0.15) is 0 Å². The van der Waals surface area contributed by atoms with Crippen molar-refractivity contribution in [3.8, 4) is 11.3 Å². The standard InChI is InChI=1S/C29H23Cl2N3O3/c30-22-2-1-3-23(31)26(22)27-19(28(37-33-27)15-4-5-15)9-8-18-20-13-34(14-21(18)20)17-7-11-24-16(12-17)6-10-25(32-24)29(35)36/h1-3,6-12,15,18,20-21H,4-5,13-14H2,(H,35,36). The van der Waals surface area contributed by atoms with Crippen LogP contribution in [0.5, 0.6) is 0 Å². The number of carboxylic acids is 1. The Morgan fingerprint density at radius 2 is 1.81 bits per heavy atom. The van der Waals surface area contributed by atoms with E-state index in [1.54, 1.807) is 6.07 Å². The van der Waals surface area contributed by atoms with E-state index < -0.39 is 5.97 Å². The zero-order chi connectivity index (χ0) is 25.3. The van der Waals surface area contributed by atoms with Crippen LogP contribution >= 0.6 is 23.2 Å². The Morgan fingerprint density at radius 1 is 1.05 bits per heavy atom. The van der Waals surface area contributed by atoms with Gasteiger partial charge in [0.1, 0.15) is 17.1 Å². The Balaban J connectivity index is 1.09. The molecule has 1 saturated heterocycles. The van der Waals surface area contributed by atoms with Gasteiger partial charge in [0.05, 0.1) is 15.6 Å². The van der Waals surface area contributed by atoms with Crippen LogP contribution in [-0.4, -0.2) is 34.3 Å². The molecule has 2 unspecified atom stereocenters. The average Bonchev–Trinajstić information content (AvgIpc) is 3.75. The molecule has 186 valence electrons. The van der Waals surface area contributed by atoms with E-state index in [9.17, 15) is 9.90 Å². The van der Waals surface area contributed by atoms with E-state index >= 15 is 0 Å². The van der Waals surface area contributed by atoms with Crippen molar-refractivity contribution in [3.63, 3.8) is 0 Å². The number of piperidine rings is 1. The second kappa shape index (κ2) is 8.61. The van der Waals surface area contributed by atoms with Crippen molar-refractivity contribution in [2.45, 2.75) is 18.8 Å². The normalized spacial score (nSPS) is 22.6. The fourth-order valence-electron chi connectivity index (χ4n) is 5.72. The van der Waals surface area contributed by atoms with Crippen molar-refractivity contribution in [1.29, 1.82) is 0 Å². The van der Waals surface area contributed by atoms with Crippen LogP contribution in [0.3, 0.4) is 0 Å². The number of pyridine rings is 1. The summed E-state index contributed by atoms with van der Waals surface area (Å²) in [4.78, 5) is 17.8. The molecule has 7 rings (SSSR count). The number of nitrogens with zero attached hydrogens (tertiary/aromatic N) is 3. The molecule has 0 radical (unpaired) electrons. The molecule has 0 bridgehead atoms. The van der Waals surface area contributed by atoms with Crippen LogP contribution in [0.15, 0.2) is 59.1 Å². The molecule has 0 spiro atoms. The highest BCUT2D eigenvalue weighted by Crippen LogP contribution is 2.54. The highest BCUT2D eigenvalue weighted by Gasteiger charge is 2.54. The molecule has 3 fully saturated rings. The summed E-state index contributed by atoms with van der Waals surface area (Å²) < 4.78 is 5.80. The van der Waals surface area contributed by atoms with E-state index in [0.29, 0.717) is 39.2 Å². The third-order valence-corrected chi connectivity index (χ3v) is 8.54. The van der Waals surface area contributed by atoms with E-state index in [2.05, 4.69) is 33.3 Å². The maximum Gasteiger partial charge on any atom is 0.354 e. The minimum absolute atomic E-state index is 0.0647. The molecule has 8 heteroatoms. The predicted octanol–water partition coefficient (Wildman–Crippen LogP) is 7.17. The van der Waals surface area contributed by atoms with Crippen LogP contribution in [-0.2, 0) is 0 Å². The lowest BCUT2D eigenvalue weighted by atomic mass is 10.0. The zero-order valence-corrected chi connectivity index (χ0v) is 21.3. The van der Waals surface area contributed by atoms with E-state index in [1.165, 1.54) is 0 Å². The third-order valence-electron chi connectivity index (χ3n) is 7.91. The van der Waals surface area contributed by atoms with Crippen molar-refractivity contribution in [3.05, 3.63) is 81.7 Å². The van der Waals surface area contributed by atoms with Gasteiger partial charge in [0.15, 0.2) is 0 Å². The van der Waals surface area contributed by atoms with Crippen LogP contribution in [0.4, 0.5) is 5.69 Å². The number of hydrogen-bond donors (Lipinski definition) is 1. The highest BCUT2D eigenvalue weighted by atomic mass is 35.5. The Labute approximate surface area is 223 Å². The van der Waals surface area contributed by atoms with Crippen molar-refractivity contribution in [2.24, 2.45) is 17.8 Å². The topological polar surface area (TPSA) is 79.5 Å². The number of fused-ring (bicyclic) bond motifs is 2. The molecule has 37 heavy (non-hydrogen) atoms. The highest BCUT2D eigenvalue weighted by molar-refractivity contribution is 6.39. The lowest BCUT2D eigenvalue weighted by Gasteiger charge is -2.22. The quantitative estimate of drug-likeness (QED) is 0.284. The molecular weight excluding hydrogens is 509 g/mol. The second-order valence-corrected chi connectivity index (χ2v) is 11.0. The molecule has 1 aliphatic heterocycles. The van der Waals surface area contributed by atoms with E-state index in [1.807, 2.05) is 36.4 Å². The van der Waals surface area contributed by atoms with Crippen LogP contribution in [0.1, 0.15) is 40.6 Å². The van der Waals surface area contributed by atoms with Crippen LogP contribution in [0.2, 0.25) is 10.0 Å². The Morgan fingerprint density at radius 3 is 2.51 bits per heavy atom. The van der Waals surface area contributed by atoms with Gasteiger partial charge in [0.25, 0.3) is 0 Å². The first-order chi connectivity index (χ1) is 18.0. The Hall–Kier alpha value is -3.35. The fourth-order valence-corrected chi connectivity index (χ4v) is 6.30. The summed E-state index contributed by atoms with van der Waals surface area (Å²) in [5, 5.41) is 15.7. The molecule has 4 aromatic rings. The first-order valence-corrected chi connectivity index (χ1v) is 13.2. The van der Waals surface area contributed by atoms with Gasteiger partial charge in [-0.25, -0.2) is 9.78 Å². The minimum Gasteiger partial charge on any atom is -0.477 e. The number of aromatic carboxylic acids is 1. The number of hydrogen-bond acceptors (Lipinski definition) is 5. The molecule has 2 aromatic carbocycles. The Bertz CT molecular complexity index is 1560. The predicted molar refractivity (Wildman–Crippen MR) is 144 cm³/mol. The summed E-state index contributed by atoms with van der Waals surface area (Å²) in [6, 6.07) is 14.9. The summed E-state index contributed by atoms with van der Waals surface area (Å²) in [7, 11) is 0. The number of benzene rings is 2. The molecule has 2 atom stereocenters. The van der Waals surface area contributed by atoms with Crippen LogP contribution < -0.4 is 4.90 Å². The maximum atomic E-state index is 11.2. The van der Waals surface area contributed by atoms with Gasteiger partial charge in [0, 0.05) is 41.2 Å². The Kier molecular flexibility index (Phi) is 5.31. The van der Waals surface area contributed by atoms with Crippen molar-refractivity contribution < 1.29 is 14.4 Å². The van der Waals surface area contributed by atoms with Gasteiger partial charge >= 0.3 is 5.97 Å². The molecule has 3 heterocycles. The number of carboxylic acid groups (broad SMARTS) is 1. The van der Waals surface area contributed by atoms with Gasteiger partial charge in [-0.1, -0.05) is 52.6 Å². The van der Waals surface area contributed by atoms with Crippen molar-refractivity contribution >= 4 is 51.8 Å². The van der Waals surface area contributed by atoms with Crippen molar-refractivity contribution in [1.82, 2.24) is 10.1 Å². The average molecular weight is 532 g/mol. The van der Waals surface area contributed by atoms with Crippen LogP contribution in [0, 0.1) is 17.8 Å². The van der Waals surface area contributed by atoms with E-state index in [-0.39, 0.29) is 5.69 Å². The van der Waals surface area contributed by atoms with Crippen molar-refractivity contribution in [2.75, 3.05) is 18.0 Å². The van der Waals surface area contributed by atoms with Gasteiger partial charge in [-0.3, -0.25) is 0 Å². The molecule has 3 aliphatic rings. The number of aromatic nitrogens is 2. The maximum absolute atomic E-state index is 11.2. The van der Waals surface area contributed by atoms with E-state index in [4.69, 9.17) is 27.7 Å². The largest absolute Gasteiger partial charge is 0.477 e. The second-order valence-electron chi connectivity index (χ2n) is 10.2. The smallest absolute Gasteiger partial charge is 0.354 e. The molecule has 1 N–H and O–H groups in total. The summed E-state index contributed by atoms with van der Waals surface area (Å²) in [6.45, 7) is 1.99. The van der Waals surface area contributed by atoms with Gasteiger partial charge in [-0.15, -0.1) is 0 Å². The monoisotopic (exact) mass is 531 g/mol. The summed E-state index contributed by atoms with van der Waals surface area (Å²) in [5.74, 6) is 2.08. The number of anilines is 1. The molecule has 6 nitrogen and oxygen atoms in total. The molecule has 2 aromatic heterocycles. The first-order valence-electron chi connectivity index (χ1n) is 12.5. The molecule has 0 amide bonds. The first kappa shape index (κ1) is 22.8. The van der Waals surface area contributed by atoms with Crippen LogP contribution in [0.25, 0.3) is 28.2 Å². The number of halogens is 2. The zero-order valence-electron chi connectivity index (χ0n) is 19.8. The number of allylic oxidation sites excluding steroid dienone is 1. The van der Waals surface area contributed by atoms with Gasteiger partial charge < -0.3 is 14.5 Å². The fraction of sp³-hybridized carbons (Fsp3) is 0.276. The summed E-state index contributed by atoms with van der Waals surface area (Å²) >= 11 is 13.0. The molecular formula is C29H23Cl2N3O3. The number of carbonyl (C=O) groups is 1. The molecule has 2 aliphatic carbocycles. The summed E-state index contributed by atoms with van der Waals surface area (Å²) in [6.07, 6.45) is 6.73. The minimum atomic E-state index is -1.01. The lowest BCUT2D eigenvalue weighted by molar-refractivity contribution is 0.0691. The third kappa shape index (κ3) is 3.99. The van der Waals surface area contributed by atoms with E-state index in [0.717, 1.165) is 59.6 Å². The van der Waals surface area contributed by atoms with Gasteiger partial charge in [0.2, 0.25) is 0 Å². The number of rotatable bonds is 6. The molecule has 2 saturated carbocycles. The summed E-state index contributed by atoms with van der Waals surface area (Å²) in [5.41, 5.74) is 4.36. The SMILES string of the molecule is O=C(O)c1ccc2cc(N3CC4C(C=Cc5c(-c6c(Cl)cccc6Cl)noc5C5CC5)C4C3)ccc2n1. The lowest BCUT2D eigenvalue weighted by Crippen LogP contribution is -2.23.